The van der Waals surface area contributed by atoms with Crippen LogP contribution in [0.5, 0.6) is 28.7 Å². The number of carbonyl (C=O) groups excluding carboxylic acids is 2. The quantitative estimate of drug-likeness (QED) is 0.257. The lowest BCUT2D eigenvalue weighted by Crippen LogP contribution is -2.22. The molecule has 0 aromatic heterocycles. The van der Waals surface area contributed by atoms with Crippen molar-refractivity contribution < 1.29 is 33.3 Å². The summed E-state index contributed by atoms with van der Waals surface area (Å²) < 4.78 is 28.7. The van der Waals surface area contributed by atoms with E-state index in [1.54, 1.807) is 31.4 Å². The SMILES string of the molecule is COc1cccc(/C=C2\Oc3c(ccc4c3[C@@H](c3ccccc3OC(C)C)CC(=O)O4)C2=O)c1OC. The number of allylic oxidation sites excluding steroid dienone is 1. The van der Waals surface area contributed by atoms with Crippen LogP contribution in [0.1, 0.15) is 53.2 Å². The number of ketones is 1. The van der Waals surface area contributed by atoms with Gasteiger partial charge in [0.2, 0.25) is 5.78 Å². The Morgan fingerprint density at radius 3 is 2.44 bits per heavy atom. The summed E-state index contributed by atoms with van der Waals surface area (Å²) in [5.74, 6) is 1.61. The zero-order valence-corrected chi connectivity index (χ0v) is 20.5. The number of methoxy groups -OCH3 is 2. The molecule has 0 aliphatic carbocycles. The van der Waals surface area contributed by atoms with Crippen LogP contribution in [-0.2, 0) is 4.79 Å². The Morgan fingerprint density at radius 1 is 0.917 bits per heavy atom. The van der Waals surface area contributed by atoms with Gasteiger partial charge in [0.15, 0.2) is 17.3 Å². The zero-order chi connectivity index (χ0) is 25.4. The third kappa shape index (κ3) is 4.06. The van der Waals surface area contributed by atoms with Gasteiger partial charge in [-0.1, -0.05) is 30.3 Å². The first-order valence-electron chi connectivity index (χ1n) is 11.7. The van der Waals surface area contributed by atoms with Crippen molar-refractivity contribution in [3.63, 3.8) is 0 Å². The molecule has 3 aromatic rings. The number of benzene rings is 3. The van der Waals surface area contributed by atoms with Crippen molar-refractivity contribution in [2.24, 2.45) is 0 Å². The van der Waals surface area contributed by atoms with Gasteiger partial charge in [0, 0.05) is 22.6 Å². The molecule has 2 heterocycles. The van der Waals surface area contributed by atoms with Crippen LogP contribution in [0, 0.1) is 0 Å². The molecule has 5 rings (SSSR count). The predicted octanol–water partition coefficient (Wildman–Crippen LogP) is 5.55. The summed E-state index contributed by atoms with van der Waals surface area (Å²) >= 11 is 0. The van der Waals surface area contributed by atoms with Crippen molar-refractivity contribution in [2.75, 3.05) is 14.2 Å². The van der Waals surface area contributed by atoms with Gasteiger partial charge in [0.25, 0.3) is 0 Å². The molecule has 0 radical (unpaired) electrons. The molecule has 0 saturated heterocycles. The molecule has 1 atom stereocenters. The standard InChI is InChI=1S/C29H26O7/c1-16(2)34-21-10-6-5-9-18(21)20-15-25(30)35-22-13-12-19-27(31)24(36-29(19)26(20)22)14-17-8-7-11-23(32-3)28(17)33-4/h5-14,16,20H,15H2,1-4H3/b24-14-/t20-/m1/s1. The smallest absolute Gasteiger partial charge is 0.312 e. The van der Waals surface area contributed by atoms with Gasteiger partial charge in [-0.25, -0.2) is 0 Å². The molecule has 0 N–H and O–H groups in total. The normalized spacial score (nSPS) is 17.4. The summed E-state index contributed by atoms with van der Waals surface area (Å²) in [7, 11) is 3.09. The third-order valence-corrected chi connectivity index (χ3v) is 6.16. The monoisotopic (exact) mass is 486 g/mol. The van der Waals surface area contributed by atoms with Crippen molar-refractivity contribution in [1.82, 2.24) is 0 Å². The minimum Gasteiger partial charge on any atom is -0.493 e. The molecule has 2 aliphatic rings. The first kappa shape index (κ1) is 23.5. The molecule has 0 unspecified atom stereocenters. The van der Waals surface area contributed by atoms with Gasteiger partial charge in [-0.3, -0.25) is 9.59 Å². The lowest BCUT2D eigenvalue weighted by Gasteiger charge is -2.28. The van der Waals surface area contributed by atoms with Crippen molar-refractivity contribution in [1.29, 1.82) is 0 Å². The molecule has 0 saturated carbocycles. The summed E-state index contributed by atoms with van der Waals surface area (Å²) in [6.07, 6.45) is 1.69. The van der Waals surface area contributed by atoms with Gasteiger partial charge in [0.05, 0.1) is 32.3 Å². The highest BCUT2D eigenvalue weighted by atomic mass is 16.5. The molecule has 7 heteroatoms. The Balaban J connectivity index is 1.62. The second kappa shape index (κ2) is 9.41. The van der Waals surface area contributed by atoms with E-state index in [1.807, 2.05) is 50.2 Å². The summed E-state index contributed by atoms with van der Waals surface area (Å²) in [4.78, 5) is 25.9. The van der Waals surface area contributed by atoms with Gasteiger partial charge >= 0.3 is 5.97 Å². The highest BCUT2D eigenvalue weighted by Crippen LogP contribution is 2.50. The number of carbonyl (C=O) groups is 2. The molecule has 36 heavy (non-hydrogen) atoms. The minimum atomic E-state index is -0.398. The van der Waals surface area contributed by atoms with E-state index in [0.29, 0.717) is 45.4 Å². The fourth-order valence-electron chi connectivity index (χ4n) is 4.67. The number of Topliss-reactive ketones (excluding diaryl/α,β-unsaturated/α-hetero) is 1. The number of hydrogen-bond donors (Lipinski definition) is 0. The highest BCUT2D eigenvalue weighted by molar-refractivity contribution is 6.15. The highest BCUT2D eigenvalue weighted by Gasteiger charge is 2.39. The molecule has 184 valence electrons. The average Bonchev–Trinajstić information content (AvgIpc) is 3.18. The first-order chi connectivity index (χ1) is 17.4. The van der Waals surface area contributed by atoms with Crippen LogP contribution >= 0.6 is 0 Å². The fraction of sp³-hybridized carbons (Fsp3) is 0.241. The zero-order valence-electron chi connectivity index (χ0n) is 20.5. The molecule has 0 spiro atoms. The van der Waals surface area contributed by atoms with E-state index in [4.69, 9.17) is 23.7 Å². The number of ether oxygens (including phenoxy) is 5. The number of fused-ring (bicyclic) bond motifs is 3. The second-order valence-corrected chi connectivity index (χ2v) is 8.81. The number of para-hydroxylation sites is 2. The van der Waals surface area contributed by atoms with Gasteiger partial charge in [-0.2, -0.15) is 0 Å². The van der Waals surface area contributed by atoms with Gasteiger partial charge in [0.1, 0.15) is 17.2 Å². The van der Waals surface area contributed by atoms with Crippen molar-refractivity contribution in [2.45, 2.75) is 32.3 Å². The van der Waals surface area contributed by atoms with E-state index in [-0.39, 0.29) is 30.0 Å². The van der Waals surface area contributed by atoms with E-state index in [1.165, 1.54) is 7.11 Å². The van der Waals surface area contributed by atoms with Gasteiger partial charge in [-0.05, 0) is 44.2 Å². The maximum Gasteiger partial charge on any atom is 0.312 e. The Morgan fingerprint density at radius 2 is 1.69 bits per heavy atom. The van der Waals surface area contributed by atoms with Crippen LogP contribution in [0.2, 0.25) is 0 Å². The first-order valence-corrected chi connectivity index (χ1v) is 11.7. The molecule has 7 nitrogen and oxygen atoms in total. The summed E-state index contributed by atoms with van der Waals surface area (Å²) in [5, 5.41) is 0. The Bertz CT molecular complexity index is 1390. The van der Waals surface area contributed by atoms with E-state index in [0.717, 1.165) is 5.56 Å². The van der Waals surface area contributed by atoms with Crippen LogP contribution in [0.3, 0.4) is 0 Å². The van der Waals surface area contributed by atoms with Crippen molar-refractivity contribution in [3.8, 4) is 28.7 Å². The topological polar surface area (TPSA) is 80.3 Å². The molecule has 0 bridgehead atoms. The molecule has 3 aromatic carbocycles. The molecule has 0 amide bonds. The van der Waals surface area contributed by atoms with Crippen molar-refractivity contribution >= 4 is 17.8 Å². The van der Waals surface area contributed by atoms with E-state index < -0.39 is 5.92 Å². The number of hydrogen-bond acceptors (Lipinski definition) is 7. The van der Waals surface area contributed by atoms with Crippen LogP contribution in [0.4, 0.5) is 0 Å². The van der Waals surface area contributed by atoms with Crippen LogP contribution in [0.25, 0.3) is 6.08 Å². The largest absolute Gasteiger partial charge is 0.493 e. The number of rotatable bonds is 6. The second-order valence-electron chi connectivity index (χ2n) is 8.81. The Kier molecular flexibility index (Phi) is 6.14. The number of esters is 1. The maximum atomic E-state index is 13.4. The fourth-order valence-corrected chi connectivity index (χ4v) is 4.67. The van der Waals surface area contributed by atoms with Gasteiger partial charge in [-0.15, -0.1) is 0 Å². The molecular formula is C29H26O7. The van der Waals surface area contributed by atoms with Gasteiger partial charge < -0.3 is 23.7 Å². The van der Waals surface area contributed by atoms with Crippen molar-refractivity contribution in [3.05, 3.63) is 82.6 Å². The summed E-state index contributed by atoms with van der Waals surface area (Å²) in [6.45, 7) is 3.90. The van der Waals surface area contributed by atoms with E-state index in [2.05, 4.69) is 0 Å². The van der Waals surface area contributed by atoms with E-state index >= 15 is 0 Å². The van der Waals surface area contributed by atoms with E-state index in [9.17, 15) is 9.59 Å². The Hall–Kier alpha value is -4.26. The summed E-state index contributed by atoms with van der Waals surface area (Å²) in [5.41, 5.74) is 2.54. The maximum absolute atomic E-state index is 13.4. The Labute approximate surface area is 209 Å². The minimum absolute atomic E-state index is 0.0483. The van der Waals surface area contributed by atoms with Crippen LogP contribution in [0.15, 0.2) is 60.4 Å². The molecule has 0 fully saturated rings. The predicted molar refractivity (Wildman–Crippen MR) is 133 cm³/mol. The molecule has 2 aliphatic heterocycles. The van der Waals surface area contributed by atoms with Crippen LogP contribution < -0.4 is 23.7 Å². The molecular weight excluding hydrogens is 460 g/mol. The average molecular weight is 487 g/mol. The third-order valence-electron chi connectivity index (χ3n) is 6.16. The lowest BCUT2D eigenvalue weighted by molar-refractivity contribution is -0.135. The lowest BCUT2D eigenvalue weighted by atomic mass is 9.84. The van der Waals surface area contributed by atoms with Crippen LogP contribution in [-0.4, -0.2) is 32.1 Å². The summed E-state index contributed by atoms with van der Waals surface area (Å²) in [6, 6.07) is 16.3.